The molecule has 2 heteroatoms. The second-order valence-electron chi connectivity index (χ2n) is 5.21. The molecule has 1 N–H and O–H groups in total. The highest BCUT2D eigenvalue weighted by Crippen LogP contribution is 2.31. The van der Waals surface area contributed by atoms with E-state index in [1.807, 2.05) is 6.92 Å². The summed E-state index contributed by atoms with van der Waals surface area (Å²) < 4.78 is 5.51. The SMILES string of the molecule is CCCCCCCCC[C@H]1O[C@H]1C[C@@H](C)O. The van der Waals surface area contributed by atoms with Gasteiger partial charge in [-0.15, -0.1) is 0 Å². The molecule has 0 saturated carbocycles. The van der Waals surface area contributed by atoms with E-state index in [2.05, 4.69) is 6.92 Å². The van der Waals surface area contributed by atoms with Gasteiger partial charge in [0.05, 0.1) is 18.3 Å². The lowest BCUT2D eigenvalue weighted by Gasteiger charge is -2.00. The topological polar surface area (TPSA) is 32.8 Å². The van der Waals surface area contributed by atoms with Crippen molar-refractivity contribution in [2.75, 3.05) is 0 Å². The van der Waals surface area contributed by atoms with Gasteiger partial charge in [0.2, 0.25) is 0 Å². The van der Waals surface area contributed by atoms with Crippen molar-refractivity contribution < 1.29 is 9.84 Å². The van der Waals surface area contributed by atoms with Crippen LogP contribution < -0.4 is 0 Å². The summed E-state index contributed by atoms with van der Waals surface area (Å²) >= 11 is 0. The van der Waals surface area contributed by atoms with Crippen LogP contribution in [0.1, 0.15) is 71.6 Å². The fraction of sp³-hybridized carbons (Fsp3) is 1.00. The molecule has 0 radical (unpaired) electrons. The molecule has 0 spiro atoms. The van der Waals surface area contributed by atoms with E-state index in [0.29, 0.717) is 12.2 Å². The summed E-state index contributed by atoms with van der Waals surface area (Å²) in [7, 11) is 0. The van der Waals surface area contributed by atoms with E-state index in [1.165, 1.54) is 51.4 Å². The summed E-state index contributed by atoms with van der Waals surface area (Å²) in [5, 5.41) is 9.19. The molecule has 0 aromatic carbocycles. The maximum absolute atomic E-state index is 9.19. The molecule has 1 fully saturated rings. The lowest BCUT2D eigenvalue weighted by Crippen LogP contribution is -2.06. The third-order valence-corrected chi connectivity index (χ3v) is 3.35. The fourth-order valence-corrected chi connectivity index (χ4v) is 2.28. The molecule has 0 unspecified atom stereocenters. The Morgan fingerprint density at radius 1 is 1.00 bits per heavy atom. The summed E-state index contributed by atoms with van der Waals surface area (Å²) in [5.41, 5.74) is 0. The summed E-state index contributed by atoms with van der Waals surface area (Å²) in [6, 6.07) is 0. The molecule has 0 amide bonds. The Morgan fingerprint density at radius 2 is 1.62 bits per heavy atom. The Balaban J connectivity index is 1.79. The Hall–Kier alpha value is -0.0800. The maximum atomic E-state index is 9.19. The molecule has 1 heterocycles. The van der Waals surface area contributed by atoms with E-state index in [4.69, 9.17) is 4.74 Å². The van der Waals surface area contributed by atoms with Gasteiger partial charge in [0.15, 0.2) is 0 Å². The van der Waals surface area contributed by atoms with E-state index in [1.54, 1.807) is 0 Å². The third-order valence-electron chi connectivity index (χ3n) is 3.35. The van der Waals surface area contributed by atoms with E-state index >= 15 is 0 Å². The molecule has 1 rings (SSSR count). The summed E-state index contributed by atoms with van der Waals surface area (Å²) in [5.74, 6) is 0. The van der Waals surface area contributed by atoms with E-state index in [-0.39, 0.29) is 6.10 Å². The van der Waals surface area contributed by atoms with Crippen LogP contribution in [0.2, 0.25) is 0 Å². The first kappa shape index (κ1) is 14.0. The second kappa shape index (κ2) is 8.08. The number of ether oxygens (including phenoxy) is 1. The summed E-state index contributed by atoms with van der Waals surface area (Å²) in [6.07, 6.45) is 12.2. The van der Waals surface area contributed by atoms with Gasteiger partial charge in [0.25, 0.3) is 0 Å². The quantitative estimate of drug-likeness (QED) is 0.457. The molecule has 3 atom stereocenters. The standard InChI is InChI=1S/C14H28O2/c1-3-4-5-6-7-8-9-10-13-14(16-13)11-12(2)15/h12-15H,3-11H2,1-2H3/t12-,13-,14+/m1/s1. The van der Waals surface area contributed by atoms with Crippen LogP contribution in [0.3, 0.4) is 0 Å². The van der Waals surface area contributed by atoms with Crippen molar-refractivity contribution in [2.24, 2.45) is 0 Å². The summed E-state index contributed by atoms with van der Waals surface area (Å²) in [4.78, 5) is 0. The smallest absolute Gasteiger partial charge is 0.0866 e. The van der Waals surface area contributed by atoms with Crippen LogP contribution in [0.25, 0.3) is 0 Å². The van der Waals surface area contributed by atoms with E-state index in [9.17, 15) is 5.11 Å². The van der Waals surface area contributed by atoms with Crippen LogP contribution in [0.5, 0.6) is 0 Å². The molecule has 0 aromatic heterocycles. The highest BCUT2D eigenvalue weighted by Gasteiger charge is 2.38. The predicted octanol–water partition coefficient (Wildman–Crippen LogP) is 3.67. The number of rotatable bonds is 10. The zero-order valence-electron chi connectivity index (χ0n) is 11.0. The van der Waals surface area contributed by atoms with Gasteiger partial charge in [0.1, 0.15) is 0 Å². The molecule has 16 heavy (non-hydrogen) atoms. The van der Waals surface area contributed by atoms with Crippen LogP contribution in [0, 0.1) is 0 Å². The highest BCUT2D eigenvalue weighted by atomic mass is 16.6. The van der Waals surface area contributed by atoms with Gasteiger partial charge < -0.3 is 9.84 Å². The van der Waals surface area contributed by atoms with Crippen LogP contribution in [0.15, 0.2) is 0 Å². The number of hydrogen-bond donors (Lipinski definition) is 1. The van der Waals surface area contributed by atoms with Gasteiger partial charge in [-0.05, 0) is 13.3 Å². The van der Waals surface area contributed by atoms with E-state index < -0.39 is 0 Å². The number of epoxide rings is 1. The molecule has 0 aromatic rings. The van der Waals surface area contributed by atoms with Gasteiger partial charge in [-0.2, -0.15) is 0 Å². The van der Waals surface area contributed by atoms with Crippen LogP contribution in [-0.2, 0) is 4.74 Å². The van der Waals surface area contributed by atoms with Crippen molar-refractivity contribution in [1.82, 2.24) is 0 Å². The number of hydrogen-bond acceptors (Lipinski definition) is 2. The first-order valence-corrected chi connectivity index (χ1v) is 7.07. The molecule has 96 valence electrons. The summed E-state index contributed by atoms with van der Waals surface area (Å²) in [6.45, 7) is 4.10. The van der Waals surface area contributed by atoms with E-state index in [0.717, 1.165) is 6.42 Å². The largest absolute Gasteiger partial charge is 0.393 e. The monoisotopic (exact) mass is 228 g/mol. The van der Waals surface area contributed by atoms with Crippen molar-refractivity contribution in [3.63, 3.8) is 0 Å². The number of unbranched alkanes of at least 4 members (excludes halogenated alkanes) is 6. The van der Waals surface area contributed by atoms with Crippen LogP contribution in [0.4, 0.5) is 0 Å². The van der Waals surface area contributed by atoms with Gasteiger partial charge >= 0.3 is 0 Å². The maximum Gasteiger partial charge on any atom is 0.0866 e. The minimum Gasteiger partial charge on any atom is -0.393 e. The highest BCUT2D eigenvalue weighted by molar-refractivity contribution is 4.85. The van der Waals surface area contributed by atoms with Gasteiger partial charge in [-0.3, -0.25) is 0 Å². The zero-order valence-corrected chi connectivity index (χ0v) is 11.0. The predicted molar refractivity (Wildman–Crippen MR) is 67.6 cm³/mol. The van der Waals surface area contributed by atoms with Crippen molar-refractivity contribution >= 4 is 0 Å². The molecular formula is C14H28O2. The normalized spacial score (nSPS) is 25.7. The van der Waals surface area contributed by atoms with Crippen molar-refractivity contribution in [2.45, 2.75) is 89.9 Å². The zero-order chi connectivity index (χ0) is 11.8. The van der Waals surface area contributed by atoms with Crippen LogP contribution >= 0.6 is 0 Å². The average molecular weight is 228 g/mol. The Kier molecular flexibility index (Phi) is 7.06. The molecule has 0 aliphatic carbocycles. The lowest BCUT2D eigenvalue weighted by atomic mass is 10.1. The molecule has 2 nitrogen and oxygen atoms in total. The van der Waals surface area contributed by atoms with Crippen molar-refractivity contribution in [1.29, 1.82) is 0 Å². The Morgan fingerprint density at radius 3 is 2.25 bits per heavy atom. The van der Waals surface area contributed by atoms with Crippen molar-refractivity contribution in [3.8, 4) is 0 Å². The Bertz CT molecular complexity index is 168. The average Bonchev–Trinajstić information content (AvgIpc) is 2.94. The van der Waals surface area contributed by atoms with Gasteiger partial charge in [-0.25, -0.2) is 0 Å². The molecule has 1 aliphatic rings. The molecular weight excluding hydrogens is 200 g/mol. The number of aliphatic hydroxyl groups excluding tert-OH is 1. The van der Waals surface area contributed by atoms with Crippen molar-refractivity contribution in [3.05, 3.63) is 0 Å². The molecule has 1 aliphatic heterocycles. The second-order valence-corrected chi connectivity index (χ2v) is 5.21. The minimum absolute atomic E-state index is 0.205. The first-order valence-electron chi connectivity index (χ1n) is 7.07. The van der Waals surface area contributed by atoms with Gasteiger partial charge in [-0.1, -0.05) is 51.9 Å². The Labute approximate surface area is 100 Å². The fourth-order valence-electron chi connectivity index (χ4n) is 2.28. The molecule has 1 saturated heterocycles. The van der Waals surface area contributed by atoms with Crippen LogP contribution in [-0.4, -0.2) is 23.4 Å². The number of aliphatic hydroxyl groups is 1. The first-order chi connectivity index (χ1) is 7.74. The molecule has 0 bridgehead atoms. The lowest BCUT2D eigenvalue weighted by molar-refractivity contribution is 0.170. The van der Waals surface area contributed by atoms with Gasteiger partial charge in [0, 0.05) is 6.42 Å². The third kappa shape index (κ3) is 6.49. The minimum atomic E-state index is -0.205.